The van der Waals surface area contributed by atoms with Gasteiger partial charge in [0.1, 0.15) is 11.6 Å². The van der Waals surface area contributed by atoms with Gasteiger partial charge in [0.05, 0.1) is 11.3 Å². The maximum atomic E-state index is 13.8. The van der Waals surface area contributed by atoms with Gasteiger partial charge in [-0.25, -0.2) is 9.18 Å². The number of nitrogens with one attached hydrogen (secondary N) is 1. The summed E-state index contributed by atoms with van der Waals surface area (Å²) in [6, 6.07) is 2.05. The molecule has 1 rings (SSSR count). The van der Waals surface area contributed by atoms with E-state index >= 15 is 0 Å². The lowest BCUT2D eigenvalue weighted by Crippen LogP contribution is -2.16. The molecule has 1 aromatic rings. The minimum Gasteiger partial charge on any atom is -0.465 e. The van der Waals surface area contributed by atoms with E-state index in [9.17, 15) is 22.4 Å². The molecular formula is C11H8F4N2O2. The van der Waals surface area contributed by atoms with E-state index in [-0.39, 0.29) is 6.42 Å². The highest BCUT2D eigenvalue weighted by Gasteiger charge is 2.38. The molecule has 102 valence electrons. The second kappa shape index (κ2) is 5.14. The summed E-state index contributed by atoms with van der Waals surface area (Å²) < 4.78 is 51.9. The third-order valence-electron chi connectivity index (χ3n) is 2.37. The highest BCUT2D eigenvalue weighted by Crippen LogP contribution is 2.38. The Morgan fingerprint density at radius 3 is 2.47 bits per heavy atom. The molecule has 0 heterocycles. The lowest BCUT2D eigenvalue weighted by atomic mass is 9.99. The third kappa shape index (κ3) is 2.93. The van der Waals surface area contributed by atoms with Gasteiger partial charge in [-0.15, -0.1) is 0 Å². The van der Waals surface area contributed by atoms with Crippen LogP contribution in [0.3, 0.4) is 0 Å². The summed E-state index contributed by atoms with van der Waals surface area (Å²) in [6.07, 6.45) is -6.72. The summed E-state index contributed by atoms with van der Waals surface area (Å²) in [5, 5.41) is 18.9. The van der Waals surface area contributed by atoms with Crippen molar-refractivity contribution < 1.29 is 27.5 Å². The van der Waals surface area contributed by atoms with Crippen molar-refractivity contribution in [1.82, 2.24) is 0 Å². The number of rotatable bonds is 2. The number of anilines is 1. The van der Waals surface area contributed by atoms with Crippen molar-refractivity contribution in [3.05, 3.63) is 28.6 Å². The molecule has 19 heavy (non-hydrogen) atoms. The van der Waals surface area contributed by atoms with E-state index < -0.39 is 40.5 Å². The summed E-state index contributed by atoms with van der Waals surface area (Å²) in [5.74, 6) is -1.77. The number of nitrogens with zero attached hydrogens (tertiary/aromatic N) is 1. The van der Waals surface area contributed by atoms with Gasteiger partial charge >= 0.3 is 12.3 Å². The number of hydrogen-bond donors (Lipinski definition) is 2. The molecule has 4 nitrogen and oxygen atoms in total. The number of benzene rings is 1. The van der Waals surface area contributed by atoms with E-state index in [2.05, 4.69) is 0 Å². The van der Waals surface area contributed by atoms with Crippen LogP contribution in [-0.4, -0.2) is 11.2 Å². The average Bonchev–Trinajstić information content (AvgIpc) is 2.25. The molecule has 0 atom stereocenters. The van der Waals surface area contributed by atoms with Crippen LogP contribution in [0.25, 0.3) is 0 Å². The second-order valence-electron chi connectivity index (χ2n) is 3.54. The molecule has 1 amide bonds. The highest BCUT2D eigenvalue weighted by molar-refractivity contribution is 5.85. The number of carbonyl (C=O) groups is 1. The first-order valence-electron chi connectivity index (χ1n) is 5.05. The van der Waals surface area contributed by atoms with Crippen LogP contribution >= 0.6 is 0 Å². The largest absolute Gasteiger partial charge is 0.465 e. The summed E-state index contributed by atoms with van der Waals surface area (Å²) in [7, 11) is 0. The molecule has 0 bridgehead atoms. The molecule has 0 fully saturated rings. The van der Waals surface area contributed by atoms with Gasteiger partial charge in [0.25, 0.3) is 0 Å². The predicted octanol–water partition coefficient (Wildman–Crippen LogP) is 3.37. The van der Waals surface area contributed by atoms with Crippen molar-refractivity contribution in [1.29, 1.82) is 5.26 Å². The molecule has 0 saturated heterocycles. The lowest BCUT2D eigenvalue weighted by Gasteiger charge is -2.16. The van der Waals surface area contributed by atoms with Crippen molar-refractivity contribution >= 4 is 11.8 Å². The van der Waals surface area contributed by atoms with Crippen molar-refractivity contribution in [3.63, 3.8) is 0 Å². The Bertz CT molecular complexity index is 561. The van der Waals surface area contributed by atoms with Crippen molar-refractivity contribution in [3.8, 4) is 6.07 Å². The average molecular weight is 276 g/mol. The molecule has 2 N–H and O–H groups in total. The fraction of sp³-hybridized carbons (Fsp3) is 0.273. The van der Waals surface area contributed by atoms with Crippen LogP contribution in [0, 0.1) is 17.1 Å². The molecule has 0 aromatic heterocycles. The van der Waals surface area contributed by atoms with E-state index in [1.807, 2.05) is 0 Å². The van der Waals surface area contributed by atoms with Crippen molar-refractivity contribution in [2.24, 2.45) is 0 Å². The van der Waals surface area contributed by atoms with Crippen LogP contribution in [0.4, 0.5) is 28.0 Å². The van der Waals surface area contributed by atoms with Crippen LogP contribution in [0.5, 0.6) is 0 Å². The number of carboxylic acid groups (broad SMARTS) is 1. The smallest absolute Gasteiger partial charge is 0.419 e. The van der Waals surface area contributed by atoms with Gasteiger partial charge in [0.15, 0.2) is 5.82 Å². The minimum absolute atomic E-state index is 0.161. The monoisotopic (exact) mass is 276 g/mol. The van der Waals surface area contributed by atoms with Gasteiger partial charge in [-0.2, -0.15) is 18.4 Å². The fourth-order valence-corrected chi connectivity index (χ4v) is 1.61. The normalized spacial score (nSPS) is 10.9. The van der Waals surface area contributed by atoms with E-state index in [0.29, 0.717) is 0 Å². The maximum absolute atomic E-state index is 13.8. The Kier molecular flexibility index (Phi) is 3.99. The Morgan fingerprint density at radius 2 is 2.11 bits per heavy atom. The molecule has 0 aliphatic heterocycles. The first-order chi connectivity index (χ1) is 8.72. The van der Waals surface area contributed by atoms with Crippen molar-refractivity contribution in [2.75, 3.05) is 5.32 Å². The quantitative estimate of drug-likeness (QED) is 0.813. The van der Waals surface area contributed by atoms with E-state index in [0.717, 1.165) is 6.07 Å². The van der Waals surface area contributed by atoms with Crippen LogP contribution < -0.4 is 5.32 Å². The van der Waals surface area contributed by atoms with Gasteiger partial charge in [0.2, 0.25) is 0 Å². The number of aryl methyl sites for hydroxylation is 1. The number of alkyl halides is 3. The van der Waals surface area contributed by atoms with Gasteiger partial charge in [-0.1, -0.05) is 6.92 Å². The molecular weight excluding hydrogens is 268 g/mol. The lowest BCUT2D eigenvalue weighted by molar-refractivity contribution is -0.140. The minimum atomic E-state index is -4.96. The highest BCUT2D eigenvalue weighted by atomic mass is 19.4. The molecule has 0 aliphatic rings. The van der Waals surface area contributed by atoms with Crippen LogP contribution in [-0.2, 0) is 12.6 Å². The zero-order valence-corrected chi connectivity index (χ0v) is 9.60. The third-order valence-corrected chi connectivity index (χ3v) is 2.37. The molecule has 0 spiro atoms. The second-order valence-corrected chi connectivity index (χ2v) is 3.54. The predicted molar refractivity (Wildman–Crippen MR) is 57.1 cm³/mol. The first-order valence-corrected chi connectivity index (χ1v) is 5.05. The summed E-state index contributed by atoms with van der Waals surface area (Å²) in [4.78, 5) is 10.5. The number of nitriles is 1. The van der Waals surface area contributed by atoms with Gasteiger partial charge in [-0.3, -0.25) is 5.32 Å². The van der Waals surface area contributed by atoms with Gasteiger partial charge in [0, 0.05) is 0 Å². The zero-order chi connectivity index (χ0) is 14.8. The van der Waals surface area contributed by atoms with Gasteiger partial charge < -0.3 is 5.11 Å². The molecule has 8 heteroatoms. The summed E-state index contributed by atoms with van der Waals surface area (Å²) in [6.45, 7) is 1.36. The Hall–Kier alpha value is -2.30. The maximum Gasteiger partial charge on any atom is 0.419 e. The standard InChI is InChI=1S/C11H8F4N2O2/c1-2-5-3-7(17-10(18)19)6(4-16)9(12)8(5)11(13,14)15/h3,17H,2H2,1H3,(H,18,19). The van der Waals surface area contributed by atoms with E-state index in [1.165, 1.54) is 13.0 Å². The molecule has 0 unspecified atom stereocenters. The summed E-state index contributed by atoms with van der Waals surface area (Å²) >= 11 is 0. The van der Waals surface area contributed by atoms with E-state index in [4.69, 9.17) is 10.4 Å². The van der Waals surface area contributed by atoms with Gasteiger partial charge in [-0.05, 0) is 18.1 Å². The number of amides is 1. The number of halogens is 4. The summed E-state index contributed by atoms with van der Waals surface area (Å²) in [5.41, 5.74) is -3.44. The SMILES string of the molecule is CCc1cc(NC(=O)O)c(C#N)c(F)c1C(F)(F)F. The van der Waals surface area contributed by atoms with Crippen LogP contribution in [0.1, 0.15) is 23.6 Å². The zero-order valence-electron chi connectivity index (χ0n) is 9.60. The molecule has 0 radical (unpaired) electrons. The Morgan fingerprint density at radius 1 is 1.53 bits per heavy atom. The van der Waals surface area contributed by atoms with E-state index in [1.54, 1.807) is 5.32 Å². The Balaban J connectivity index is 3.63. The van der Waals surface area contributed by atoms with Crippen molar-refractivity contribution in [2.45, 2.75) is 19.5 Å². The van der Waals surface area contributed by atoms with Crippen LogP contribution in [0.15, 0.2) is 6.07 Å². The molecule has 1 aromatic carbocycles. The van der Waals surface area contributed by atoms with Crippen LogP contribution in [0.2, 0.25) is 0 Å². The Labute approximate surface area is 105 Å². The fourth-order valence-electron chi connectivity index (χ4n) is 1.61. The number of hydrogen-bond acceptors (Lipinski definition) is 2. The first kappa shape index (κ1) is 14.8. The topological polar surface area (TPSA) is 73.1 Å². The molecule has 0 aliphatic carbocycles. The molecule has 0 saturated carbocycles.